The van der Waals surface area contributed by atoms with Gasteiger partial charge >= 0.3 is 0 Å². The summed E-state index contributed by atoms with van der Waals surface area (Å²) in [6.45, 7) is 2.84. The Labute approximate surface area is 267 Å². The first-order valence-electron chi connectivity index (χ1n) is 13.9. The van der Waals surface area contributed by atoms with Crippen molar-refractivity contribution in [1.82, 2.24) is 10.2 Å². The molecule has 0 heterocycles. The van der Waals surface area contributed by atoms with Crippen molar-refractivity contribution in [1.29, 1.82) is 0 Å². The summed E-state index contributed by atoms with van der Waals surface area (Å²) in [5.41, 5.74) is 1.35. The Morgan fingerprint density at radius 2 is 1.45 bits per heavy atom. The number of hydrogen-bond donors (Lipinski definition) is 1. The van der Waals surface area contributed by atoms with E-state index in [1.165, 1.54) is 23.1 Å². The van der Waals surface area contributed by atoms with Crippen molar-refractivity contribution in [3.8, 4) is 0 Å². The number of amides is 2. The topological polar surface area (TPSA) is 86.8 Å². The average Bonchev–Trinajstić information content (AvgIpc) is 3.00. The number of carbonyl (C=O) groups excluding carboxylic acids is 2. The molecule has 4 aromatic carbocycles. The van der Waals surface area contributed by atoms with Crippen LogP contribution in [0.25, 0.3) is 0 Å². The van der Waals surface area contributed by atoms with E-state index in [0.29, 0.717) is 10.6 Å². The van der Waals surface area contributed by atoms with Gasteiger partial charge < -0.3 is 10.2 Å². The summed E-state index contributed by atoms with van der Waals surface area (Å²) in [7, 11) is -4.34. The molecule has 7 nitrogen and oxygen atoms in total. The minimum absolute atomic E-state index is 0.0162. The number of anilines is 1. The van der Waals surface area contributed by atoms with Crippen LogP contribution in [0.4, 0.5) is 10.1 Å². The van der Waals surface area contributed by atoms with E-state index in [1.54, 1.807) is 42.5 Å². The summed E-state index contributed by atoms with van der Waals surface area (Å²) in [5.74, 6) is -1.83. The second-order valence-corrected chi connectivity index (χ2v) is 13.1. The number of carbonyl (C=O) groups is 2. The van der Waals surface area contributed by atoms with Crippen LogP contribution in [-0.2, 0) is 32.6 Å². The molecule has 1 N–H and O–H groups in total. The Hall–Kier alpha value is -3.92. The maximum Gasteiger partial charge on any atom is 0.264 e. The van der Waals surface area contributed by atoms with Gasteiger partial charge in [0.15, 0.2) is 0 Å². The van der Waals surface area contributed by atoms with Crippen LogP contribution in [0.1, 0.15) is 25.0 Å². The van der Waals surface area contributed by atoms with E-state index in [2.05, 4.69) is 5.32 Å². The summed E-state index contributed by atoms with van der Waals surface area (Å²) >= 11 is 12.5. The van der Waals surface area contributed by atoms with Gasteiger partial charge in [0.25, 0.3) is 10.0 Å². The van der Waals surface area contributed by atoms with Gasteiger partial charge in [0.2, 0.25) is 11.8 Å². The standard InChI is InChI=1S/C33H32Cl2FN3O4S/c1-23(2)37-33(41)31(19-24-11-5-3-6-12-24)38(21-25-13-9-10-16-28(25)34)32(40)22-39(26-17-18-30(36)29(35)20-26)44(42,43)27-14-7-4-8-15-27/h3-18,20,23,31H,19,21-22H2,1-2H3,(H,37,41). The van der Waals surface area contributed by atoms with Gasteiger partial charge in [0.1, 0.15) is 18.4 Å². The van der Waals surface area contributed by atoms with Crippen LogP contribution in [0.3, 0.4) is 0 Å². The third kappa shape index (κ3) is 8.16. The van der Waals surface area contributed by atoms with Gasteiger partial charge in [-0.3, -0.25) is 13.9 Å². The van der Waals surface area contributed by atoms with Gasteiger partial charge in [0, 0.05) is 24.0 Å². The predicted molar refractivity (Wildman–Crippen MR) is 172 cm³/mol. The molecular weight excluding hydrogens is 624 g/mol. The highest BCUT2D eigenvalue weighted by atomic mass is 35.5. The molecule has 0 radical (unpaired) electrons. The monoisotopic (exact) mass is 655 g/mol. The third-order valence-electron chi connectivity index (χ3n) is 6.80. The van der Waals surface area contributed by atoms with Gasteiger partial charge in [-0.1, -0.05) is 89.9 Å². The molecule has 4 aromatic rings. The van der Waals surface area contributed by atoms with Gasteiger partial charge in [-0.2, -0.15) is 0 Å². The van der Waals surface area contributed by atoms with Gasteiger partial charge in [-0.25, -0.2) is 12.8 Å². The summed E-state index contributed by atoms with van der Waals surface area (Å²) in [5, 5.41) is 2.97. The normalized spacial score (nSPS) is 12.0. The van der Waals surface area contributed by atoms with Crippen LogP contribution in [-0.4, -0.2) is 43.8 Å². The van der Waals surface area contributed by atoms with Crippen LogP contribution >= 0.6 is 23.2 Å². The molecule has 1 unspecified atom stereocenters. The predicted octanol–water partition coefficient (Wildman–Crippen LogP) is 6.49. The van der Waals surface area contributed by atoms with E-state index in [1.807, 2.05) is 44.2 Å². The summed E-state index contributed by atoms with van der Waals surface area (Å²) in [4.78, 5) is 29.3. The Morgan fingerprint density at radius 1 is 0.841 bits per heavy atom. The smallest absolute Gasteiger partial charge is 0.264 e. The third-order valence-corrected chi connectivity index (χ3v) is 9.25. The highest BCUT2D eigenvalue weighted by Crippen LogP contribution is 2.29. The SMILES string of the molecule is CC(C)NC(=O)C(Cc1ccccc1)N(Cc1ccccc1Cl)C(=O)CN(c1ccc(F)c(Cl)c1)S(=O)(=O)c1ccccc1. The molecule has 0 bridgehead atoms. The zero-order valence-corrected chi connectivity index (χ0v) is 26.5. The lowest BCUT2D eigenvalue weighted by molar-refractivity contribution is -0.140. The minimum atomic E-state index is -4.34. The molecular formula is C33H32Cl2FN3O4S. The Kier molecular flexibility index (Phi) is 11.0. The van der Waals surface area contributed by atoms with Crippen LogP contribution in [0.5, 0.6) is 0 Å². The maximum atomic E-state index is 14.4. The first-order chi connectivity index (χ1) is 21.0. The minimum Gasteiger partial charge on any atom is -0.352 e. The zero-order chi connectivity index (χ0) is 31.9. The lowest BCUT2D eigenvalue weighted by Crippen LogP contribution is -2.54. The van der Waals surface area contributed by atoms with E-state index < -0.39 is 40.2 Å². The summed E-state index contributed by atoms with van der Waals surface area (Å²) in [6, 6.07) is 25.9. The number of sulfonamides is 1. The number of hydrogen-bond acceptors (Lipinski definition) is 4. The first kappa shape index (κ1) is 33.0. The number of nitrogens with zero attached hydrogens (tertiary/aromatic N) is 2. The van der Waals surface area contributed by atoms with Crippen molar-refractivity contribution >= 4 is 50.7 Å². The number of nitrogens with one attached hydrogen (secondary N) is 1. The van der Waals surface area contributed by atoms with E-state index in [9.17, 15) is 22.4 Å². The molecule has 11 heteroatoms. The van der Waals surface area contributed by atoms with E-state index in [0.717, 1.165) is 22.0 Å². The molecule has 0 aliphatic rings. The lowest BCUT2D eigenvalue weighted by Gasteiger charge is -2.34. The molecule has 0 aliphatic heterocycles. The second kappa shape index (κ2) is 14.7. The van der Waals surface area contributed by atoms with Gasteiger partial charge in [-0.05, 0) is 61.4 Å². The molecule has 0 aromatic heterocycles. The fourth-order valence-electron chi connectivity index (χ4n) is 4.63. The Morgan fingerprint density at radius 3 is 2.07 bits per heavy atom. The summed E-state index contributed by atoms with van der Waals surface area (Å²) < 4.78 is 42.9. The molecule has 0 saturated carbocycles. The van der Waals surface area contributed by atoms with Gasteiger partial charge in [-0.15, -0.1) is 0 Å². The summed E-state index contributed by atoms with van der Waals surface area (Å²) in [6.07, 6.45) is 0.156. The van der Waals surface area contributed by atoms with Crippen LogP contribution in [0.15, 0.2) is 108 Å². The number of benzene rings is 4. The molecule has 0 aliphatic carbocycles. The highest BCUT2D eigenvalue weighted by Gasteiger charge is 2.35. The quantitative estimate of drug-likeness (QED) is 0.189. The second-order valence-electron chi connectivity index (χ2n) is 10.4. The van der Waals surface area contributed by atoms with Crippen LogP contribution in [0, 0.1) is 5.82 Å². The van der Waals surface area contributed by atoms with Crippen molar-refractivity contribution in [2.45, 2.75) is 43.8 Å². The maximum absolute atomic E-state index is 14.4. The lowest BCUT2D eigenvalue weighted by atomic mass is 10.0. The van der Waals surface area contributed by atoms with Crippen molar-refractivity contribution in [2.75, 3.05) is 10.8 Å². The highest BCUT2D eigenvalue weighted by molar-refractivity contribution is 7.92. The molecule has 0 saturated heterocycles. The van der Waals surface area contributed by atoms with E-state index in [4.69, 9.17) is 23.2 Å². The van der Waals surface area contributed by atoms with Crippen LogP contribution < -0.4 is 9.62 Å². The van der Waals surface area contributed by atoms with E-state index in [-0.39, 0.29) is 34.6 Å². The van der Waals surface area contributed by atoms with Crippen molar-refractivity contribution in [3.63, 3.8) is 0 Å². The van der Waals surface area contributed by atoms with Gasteiger partial charge in [0.05, 0.1) is 15.6 Å². The zero-order valence-electron chi connectivity index (χ0n) is 24.2. The van der Waals surface area contributed by atoms with Crippen molar-refractivity contribution in [3.05, 3.63) is 130 Å². The molecule has 230 valence electrons. The largest absolute Gasteiger partial charge is 0.352 e. The molecule has 0 fully saturated rings. The van der Waals surface area contributed by atoms with E-state index >= 15 is 0 Å². The molecule has 44 heavy (non-hydrogen) atoms. The number of halogens is 3. The molecule has 1 atom stereocenters. The fourth-order valence-corrected chi connectivity index (χ4v) is 6.43. The van der Waals surface area contributed by atoms with Crippen molar-refractivity contribution in [2.24, 2.45) is 0 Å². The molecule has 2 amide bonds. The van der Waals surface area contributed by atoms with Crippen LogP contribution in [0.2, 0.25) is 10.0 Å². The first-order valence-corrected chi connectivity index (χ1v) is 16.1. The molecule has 4 rings (SSSR count). The fraction of sp³-hybridized carbons (Fsp3) is 0.212. The number of rotatable bonds is 12. The van der Waals surface area contributed by atoms with Crippen molar-refractivity contribution < 1.29 is 22.4 Å². The molecule has 0 spiro atoms. The Bertz CT molecular complexity index is 1710. The average molecular weight is 657 g/mol. The Balaban J connectivity index is 1.82.